The Morgan fingerprint density at radius 2 is 1.95 bits per heavy atom. The van der Waals surface area contributed by atoms with Gasteiger partial charge in [-0.15, -0.1) is 0 Å². The normalized spacial score (nSPS) is 28.9. The predicted molar refractivity (Wildman–Crippen MR) is 66.1 cm³/mol. The highest BCUT2D eigenvalue weighted by Gasteiger charge is 2.51. The Bertz CT molecular complexity index is 459. The van der Waals surface area contributed by atoms with Gasteiger partial charge in [-0.1, -0.05) is 0 Å². The minimum Gasteiger partial charge on any atom is -0.456 e. The average Bonchev–Trinajstić information content (AvgIpc) is 2.68. The van der Waals surface area contributed by atoms with Crippen LogP contribution >= 0.6 is 0 Å². The number of rotatable bonds is 1. The Labute approximate surface area is 115 Å². The van der Waals surface area contributed by atoms with E-state index in [2.05, 4.69) is 5.32 Å². The van der Waals surface area contributed by atoms with E-state index >= 15 is 0 Å². The first kappa shape index (κ1) is 13.8. The molecule has 0 aromatic carbocycles. The van der Waals surface area contributed by atoms with Gasteiger partial charge in [0.25, 0.3) is 0 Å². The molecule has 1 N–H and O–H groups in total. The molecule has 0 aromatic rings. The van der Waals surface area contributed by atoms with E-state index in [4.69, 9.17) is 9.47 Å². The molecule has 2 fully saturated rings. The van der Waals surface area contributed by atoms with Gasteiger partial charge in [-0.05, 0) is 32.9 Å². The highest BCUT2D eigenvalue weighted by Crippen LogP contribution is 2.39. The number of carbonyl (C=O) groups excluding carboxylic acids is 1. The van der Waals surface area contributed by atoms with Gasteiger partial charge in [0.2, 0.25) is 0 Å². The molecule has 112 valence electrons. The van der Waals surface area contributed by atoms with Crippen LogP contribution in [0.1, 0.15) is 19.8 Å². The van der Waals surface area contributed by atoms with Gasteiger partial charge >= 0.3 is 12.1 Å². The summed E-state index contributed by atoms with van der Waals surface area (Å²) in [6.45, 7) is 2.89. The summed E-state index contributed by atoms with van der Waals surface area (Å²) in [4.78, 5) is 13.0. The van der Waals surface area contributed by atoms with Crippen LogP contribution in [-0.2, 0) is 14.3 Å². The van der Waals surface area contributed by atoms with Crippen LogP contribution in [0.5, 0.6) is 0 Å². The second-order valence-electron chi connectivity index (χ2n) is 5.68. The fourth-order valence-electron chi connectivity index (χ4n) is 3.14. The monoisotopic (exact) mass is 288 g/mol. The fraction of sp³-hybridized carbons (Fsp3) is 0.769. The van der Waals surface area contributed by atoms with Crippen molar-refractivity contribution in [2.24, 2.45) is 0 Å². The van der Waals surface area contributed by atoms with Crippen LogP contribution in [0.3, 0.4) is 0 Å². The summed E-state index contributed by atoms with van der Waals surface area (Å²) in [6, 6.07) is 0. The zero-order valence-electron chi connectivity index (χ0n) is 11.4. The SMILES string of the molecule is CC1=C(N2CC(F)(F)OC3(CCNCC3)C2)COC1=O. The molecule has 0 bridgehead atoms. The predicted octanol–water partition coefficient (Wildman–Crippen LogP) is 0.864. The second-order valence-corrected chi connectivity index (χ2v) is 5.68. The Morgan fingerprint density at radius 1 is 1.25 bits per heavy atom. The lowest BCUT2D eigenvalue weighted by molar-refractivity contribution is -0.331. The molecule has 3 aliphatic heterocycles. The number of halogens is 2. The number of alkyl halides is 2. The van der Waals surface area contributed by atoms with E-state index in [-0.39, 0.29) is 6.61 Å². The van der Waals surface area contributed by atoms with E-state index in [1.54, 1.807) is 11.8 Å². The number of carbonyl (C=O) groups is 1. The van der Waals surface area contributed by atoms with Crippen LogP contribution < -0.4 is 5.32 Å². The van der Waals surface area contributed by atoms with E-state index in [1.165, 1.54) is 0 Å². The molecule has 2 saturated heterocycles. The zero-order valence-corrected chi connectivity index (χ0v) is 11.4. The smallest absolute Gasteiger partial charge is 0.373 e. The molecule has 1 spiro atoms. The summed E-state index contributed by atoms with van der Waals surface area (Å²) in [5.74, 6) is -0.422. The van der Waals surface area contributed by atoms with E-state index in [0.717, 1.165) is 0 Å². The highest BCUT2D eigenvalue weighted by atomic mass is 19.3. The number of morpholine rings is 1. The summed E-state index contributed by atoms with van der Waals surface area (Å²) in [5.41, 5.74) is 0.147. The first-order valence-electron chi connectivity index (χ1n) is 6.81. The van der Waals surface area contributed by atoms with Crippen molar-refractivity contribution in [1.29, 1.82) is 0 Å². The first-order chi connectivity index (χ1) is 9.41. The van der Waals surface area contributed by atoms with Gasteiger partial charge in [-0.2, -0.15) is 8.78 Å². The van der Waals surface area contributed by atoms with Gasteiger partial charge < -0.3 is 19.7 Å². The number of cyclic esters (lactones) is 1. The topological polar surface area (TPSA) is 50.8 Å². The Kier molecular flexibility index (Phi) is 3.21. The number of ether oxygens (including phenoxy) is 2. The van der Waals surface area contributed by atoms with Crippen molar-refractivity contribution in [2.45, 2.75) is 31.5 Å². The molecule has 0 unspecified atom stereocenters. The van der Waals surface area contributed by atoms with Gasteiger partial charge in [-0.3, -0.25) is 0 Å². The average molecular weight is 288 g/mol. The maximum atomic E-state index is 13.9. The number of nitrogens with zero attached hydrogens (tertiary/aromatic N) is 1. The third kappa shape index (κ3) is 2.40. The molecule has 0 aliphatic carbocycles. The third-order valence-corrected chi connectivity index (χ3v) is 4.20. The Morgan fingerprint density at radius 3 is 2.55 bits per heavy atom. The maximum absolute atomic E-state index is 13.9. The minimum atomic E-state index is -3.20. The lowest BCUT2D eigenvalue weighted by Gasteiger charge is -2.48. The molecule has 7 heteroatoms. The van der Waals surface area contributed by atoms with Crippen molar-refractivity contribution in [3.8, 4) is 0 Å². The Balaban J connectivity index is 1.86. The van der Waals surface area contributed by atoms with Gasteiger partial charge in [-0.25, -0.2) is 4.79 Å². The van der Waals surface area contributed by atoms with Crippen molar-refractivity contribution >= 4 is 5.97 Å². The van der Waals surface area contributed by atoms with Crippen molar-refractivity contribution in [2.75, 3.05) is 32.8 Å². The number of nitrogens with one attached hydrogen (secondary N) is 1. The van der Waals surface area contributed by atoms with Gasteiger partial charge in [0.1, 0.15) is 13.2 Å². The molecule has 20 heavy (non-hydrogen) atoms. The molecular weight excluding hydrogens is 270 g/mol. The van der Waals surface area contributed by atoms with Gasteiger partial charge in [0.05, 0.1) is 16.9 Å². The summed E-state index contributed by atoms with van der Waals surface area (Å²) in [6.07, 6.45) is -2.12. The van der Waals surface area contributed by atoms with Crippen LogP contribution in [0, 0.1) is 0 Å². The quantitative estimate of drug-likeness (QED) is 0.725. The van der Waals surface area contributed by atoms with Crippen molar-refractivity contribution in [1.82, 2.24) is 10.2 Å². The summed E-state index contributed by atoms with van der Waals surface area (Å²) < 4.78 is 37.9. The maximum Gasteiger partial charge on any atom is 0.373 e. The van der Waals surface area contributed by atoms with Crippen molar-refractivity contribution < 1.29 is 23.0 Å². The van der Waals surface area contributed by atoms with Crippen LogP contribution in [0.15, 0.2) is 11.3 Å². The van der Waals surface area contributed by atoms with E-state index in [9.17, 15) is 13.6 Å². The van der Waals surface area contributed by atoms with Crippen LogP contribution in [-0.4, -0.2) is 55.4 Å². The third-order valence-electron chi connectivity index (χ3n) is 4.20. The van der Waals surface area contributed by atoms with Crippen LogP contribution in [0.2, 0.25) is 0 Å². The first-order valence-corrected chi connectivity index (χ1v) is 6.81. The molecule has 0 radical (unpaired) electrons. The number of hydrogen-bond donors (Lipinski definition) is 1. The summed E-state index contributed by atoms with van der Waals surface area (Å²) >= 11 is 0. The largest absolute Gasteiger partial charge is 0.456 e. The zero-order chi connectivity index (χ0) is 14.4. The molecule has 5 nitrogen and oxygen atoms in total. The molecular formula is C13H18F2N2O3. The lowest BCUT2D eigenvalue weighted by Crippen LogP contribution is -2.61. The van der Waals surface area contributed by atoms with Gasteiger partial charge in [0, 0.05) is 6.54 Å². The molecule has 3 aliphatic rings. The number of esters is 1. The standard InChI is InChI=1S/C13H18F2N2O3/c1-9-10(6-19-11(9)18)17-7-12(2-4-16-5-3-12)20-13(14,15)8-17/h16H,2-8H2,1H3. The summed E-state index contributed by atoms with van der Waals surface area (Å²) in [7, 11) is 0. The van der Waals surface area contributed by atoms with Gasteiger partial charge in [0.15, 0.2) is 0 Å². The highest BCUT2D eigenvalue weighted by molar-refractivity contribution is 5.90. The minimum absolute atomic E-state index is 0.0784. The van der Waals surface area contributed by atoms with Crippen molar-refractivity contribution in [3.05, 3.63) is 11.3 Å². The molecule has 0 atom stereocenters. The molecule has 3 rings (SSSR count). The van der Waals surface area contributed by atoms with E-state index < -0.39 is 24.2 Å². The number of hydrogen-bond acceptors (Lipinski definition) is 5. The van der Waals surface area contributed by atoms with Crippen LogP contribution in [0.25, 0.3) is 0 Å². The second kappa shape index (κ2) is 4.66. The van der Waals surface area contributed by atoms with E-state index in [1.807, 2.05) is 0 Å². The lowest BCUT2D eigenvalue weighted by atomic mass is 9.89. The number of piperidine rings is 1. The fourth-order valence-corrected chi connectivity index (χ4v) is 3.14. The molecule has 0 saturated carbocycles. The molecule has 0 aromatic heterocycles. The molecule has 3 heterocycles. The van der Waals surface area contributed by atoms with Crippen molar-refractivity contribution in [3.63, 3.8) is 0 Å². The Hall–Kier alpha value is -1.21. The van der Waals surface area contributed by atoms with E-state index in [0.29, 0.717) is 43.7 Å². The van der Waals surface area contributed by atoms with Crippen LogP contribution in [0.4, 0.5) is 8.78 Å². The summed E-state index contributed by atoms with van der Waals surface area (Å²) in [5, 5.41) is 3.15. The molecule has 0 amide bonds.